The topological polar surface area (TPSA) is 40.5 Å². The molecule has 0 aromatic heterocycles. The molecule has 0 saturated carbocycles. The van der Waals surface area contributed by atoms with E-state index >= 15 is 0 Å². The van der Waals surface area contributed by atoms with E-state index in [0.717, 1.165) is 17.7 Å². The van der Waals surface area contributed by atoms with Crippen molar-refractivity contribution in [3.8, 4) is 0 Å². The molecule has 2 nitrogen and oxygen atoms in total. The predicted octanol–water partition coefficient (Wildman–Crippen LogP) is 5.11. The van der Waals surface area contributed by atoms with Crippen LogP contribution in [-0.4, -0.2) is 28.2 Å². The third kappa shape index (κ3) is 6.65. The van der Waals surface area contributed by atoms with E-state index in [1.54, 1.807) is 0 Å². The molecule has 1 aliphatic carbocycles. The van der Waals surface area contributed by atoms with Crippen LogP contribution >= 0.6 is 11.8 Å². The molecule has 0 amide bonds. The van der Waals surface area contributed by atoms with Gasteiger partial charge in [-0.15, -0.1) is 11.8 Å². The molecule has 2 N–H and O–H groups in total. The Morgan fingerprint density at radius 2 is 1.96 bits per heavy atom. The lowest BCUT2D eigenvalue weighted by molar-refractivity contribution is 0.158. The van der Waals surface area contributed by atoms with Crippen molar-refractivity contribution in [3.05, 3.63) is 58.5 Å². The van der Waals surface area contributed by atoms with E-state index in [-0.39, 0.29) is 12.0 Å². The van der Waals surface area contributed by atoms with Crippen LogP contribution in [0.15, 0.2) is 53.0 Å². The van der Waals surface area contributed by atoms with Crippen molar-refractivity contribution in [2.45, 2.75) is 64.6 Å². The molecule has 0 saturated heterocycles. The molecule has 0 aliphatic heterocycles. The number of unbranched alkanes of at least 4 members (excludes halogenated alkanes) is 3. The van der Waals surface area contributed by atoms with Crippen LogP contribution in [0.25, 0.3) is 0 Å². The SMILES string of the molecule is CCCCCCSC1=C(C)C[C@@H](O)[C@@H]1C=CC(O)Cc1ccccc1. The first-order chi connectivity index (χ1) is 12.1. The van der Waals surface area contributed by atoms with Crippen molar-refractivity contribution >= 4 is 11.8 Å². The zero-order valence-corrected chi connectivity index (χ0v) is 16.3. The maximum atomic E-state index is 10.4. The maximum absolute atomic E-state index is 10.4. The second kappa shape index (κ2) is 10.8. The number of hydrogen-bond donors (Lipinski definition) is 2. The molecule has 0 fully saturated rings. The molecule has 25 heavy (non-hydrogen) atoms. The van der Waals surface area contributed by atoms with Crippen LogP contribution in [-0.2, 0) is 6.42 Å². The van der Waals surface area contributed by atoms with E-state index in [1.165, 1.54) is 36.2 Å². The van der Waals surface area contributed by atoms with Crippen LogP contribution in [0.4, 0.5) is 0 Å². The van der Waals surface area contributed by atoms with Crippen molar-refractivity contribution in [2.75, 3.05) is 5.75 Å². The second-order valence-electron chi connectivity index (χ2n) is 6.99. The fraction of sp³-hybridized carbons (Fsp3) is 0.545. The van der Waals surface area contributed by atoms with Gasteiger partial charge in [0.25, 0.3) is 0 Å². The molecule has 0 heterocycles. The van der Waals surface area contributed by atoms with Gasteiger partial charge in [-0.05, 0) is 36.0 Å². The minimum atomic E-state index is -0.508. The molecule has 0 spiro atoms. The van der Waals surface area contributed by atoms with Crippen molar-refractivity contribution in [2.24, 2.45) is 5.92 Å². The molecule has 1 aromatic carbocycles. The van der Waals surface area contributed by atoms with Crippen LogP contribution in [0.3, 0.4) is 0 Å². The summed E-state index contributed by atoms with van der Waals surface area (Å²) in [5.74, 6) is 1.16. The molecular formula is C22H32O2S. The van der Waals surface area contributed by atoms with Crippen molar-refractivity contribution in [1.82, 2.24) is 0 Å². The molecule has 0 radical (unpaired) electrons. The summed E-state index contributed by atoms with van der Waals surface area (Å²) in [6.45, 7) is 4.36. The molecule has 3 heteroatoms. The molecule has 1 unspecified atom stereocenters. The Kier molecular flexibility index (Phi) is 8.80. The highest BCUT2D eigenvalue weighted by Gasteiger charge is 2.30. The molecule has 138 valence electrons. The van der Waals surface area contributed by atoms with E-state index in [9.17, 15) is 10.2 Å². The number of thioether (sulfide) groups is 1. The molecule has 1 aliphatic rings. The lowest BCUT2D eigenvalue weighted by atomic mass is 10.0. The number of benzene rings is 1. The zero-order chi connectivity index (χ0) is 18.1. The van der Waals surface area contributed by atoms with E-state index in [0.29, 0.717) is 6.42 Å². The predicted molar refractivity (Wildman–Crippen MR) is 109 cm³/mol. The summed E-state index contributed by atoms with van der Waals surface area (Å²) >= 11 is 1.90. The zero-order valence-electron chi connectivity index (χ0n) is 15.5. The molecule has 3 atom stereocenters. The van der Waals surface area contributed by atoms with Gasteiger partial charge in [-0.1, -0.05) is 74.2 Å². The molecule has 1 aromatic rings. The van der Waals surface area contributed by atoms with Crippen LogP contribution in [0, 0.1) is 5.92 Å². The Balaban J connectivity index is 1.88. The van der Waals surface area contributed by atoms with Crippen molar-refractivity contribution in [1.29, 1.82) is 0 Å². The smallest absolute Gasteiger partial charge is 0.0761 e. The Labute approximate surface area is 157 Å². The van der Waals surface area contributed by atoms with E-state index in [1.807, 2.05) is 54.2 Å². The number of aliphatic hydroxyl groups is 2. The van der Waals surface area contributed by atoms with Gasteiger partial charge in [0, 0.05) is 12.3 Å². The fourth-order valence-electron chi connectivity index (χ4n) is 3.32. The first-order valence-corrected chi connectivity index (χ1v) is 10.5. The third-order valence-electron chi connectivity index (χ3n) is 4.74. The molecule has 0 bridgehead atoms. The minimum absolute atomic E-state index is 0.0431. The van der Waals surface area contributed by atoms with Crippen LogP contribution in [0.5, 0.6) is 0 Å². The number of rotatable bonds is 10. The Morgan fingerprint density at radius 1 is 1.20 bits per heavy atom. The summed E-state index contributed by atoms with van der Waals surface area (Å²) in [6, 6.07) is 10.0. The van der Waals surface area contributed by atoms with E-state index < -0.39 is 6.10 Å². The van der Waals surface area contributed by atoms with Gasteiger partial charge >= 0.3 is 0 Å². The summed E-state index contributed by atoms with van der Waals surface area (Å²) in [7, 11) is 0. The number of aliphatic hydroxyl groups excluding tert-OH is 2. The monoisotopic (exact) mass is 360 g/mol. The number of hydrogen-bond acceptors (Lipinski definition) is 3. The van der Waals surface area contributed by atoms with Gasteiger partial charge in [-0.2, -0.15) is 0 Å². The summed E-state index contributed by atoms with van der Waals surface area (Å²) in [6.07, 6.45) is 9.47. The average Bonchev–Trinajstić information content (AvgIpc) is 2.87. The largest absolute Gasteiger partial charge is 0.392 e. The fourth-order valence-corrected chi connectivity index (χ4v) is 4.64. The minimum Gasteiger partial charge on any atom is -0.392 e. The quantitative estimate of drug-likeness (QED) is 0.450. The lowest BCUT2D eigenvalue weighted by Gasteiger charge is -2.16. The third-order valence-corrected chi connectivity index (χ3v) is 6.16. The van der Waals surface area contributed by atoms with Gasteiger partial charge in [0.1, 0.15) is 0 Å². The highest BCUT2D eigenvalue weighted by atomic mass is 32.2. The van der Waals surface area contributed by atoms with Crippen LogP contribution < -0.4 is 0 Å². The van der Waals surface area contributed by atoms with Gasteiger partial charge in [0.15, 0.2) is 0 Å². The van der Waals surface area contributed by atoms with Gasteiger partial charge < -0.3 is 10.2 Å². The highest BCUT2D eigenvalue weighted by molar-refractivity contribution is 8.03. The van der Waals surface area contributed by atoms with Gasteiger partial charge in [-0.3, -0.25) is 0 Å². The second-order valence-corrected chi connectivity index (χ2v) is 8.13. The van der Waals surface area contributed by atoms with E-state index in [2.05, 4.69) is 13.8 Å². The maximum Gasteiger partial charge on any atom is 0.0761 e. The highest BCUT2D eigenvalue weighted by Crippen LogP contribution is 2.40. The van der Waals surface area contributed by atoms with Crippen molar-refractivity contribution < 1.29 is 10.2 Å². The Hall–Kier alpha value is -1.03. The average molecular weight is 361 g/mol. The Bertz CT molecular complexity index is 565. The molecule has 2 rings (SSSR count). The van der Waals surface area contributed by atoms with E-state index in [4.69, 9.17) is 0 Å². The lowest BCUT2D eigenvalue weighted by Crippen LogP contribution is -2.15. The first kappa shape index (κ1) is 20.3. The van der Waals surface area contributed by atoms with Crippen LogP contribution in [0.2, 0.25) is 0 Å². The summed E-state index contributed by atoms with van der Waals surface area (Å²) < 4.78 is 0. The Morgan fingerprint density at radius 3 is 2.68 bits per heavy atom. The molecular weight excluding hydrogens is 328 g/mol. The summed E-state index contributed by atoms with van der Waals surface area (Å²) in [5, 5.41) is 20.7. The van der Waals surface area contributed by atoms with Gasteiger partial charge in [0.05, 0.1) is 12.2 Å². The van der Waals surface area contributed by atoms with Crippen molar-refractivity contribution in [3.63, 3.8) is 0 Å². The van der Waals surface area contributed by atoms with Gasteiger partial charge in [-0.25, -0.2) is 0 Å². The first-order valence-electron chi connectivity index (χ1n) is 9.52. The van der Waals surface area contributed by atoms with Gasteiger partial charge in [0.2, 0.25) is 0 Å². The normalized spacial score (nSPS) is 22.1. The summed E-state index contributed by atoms with van der Waals surface area (Å²) in [5.41, 5.74) is 2.43. The standard InChI is InChI=1S/C22H32O2S/c1-3-4-5-9-14-25-22-17(2)15-21(24)20(22)13-12-19(23)16-18-10-7-6-8-11-18/h6-8,10-13,19-21,23-24H,3-5,9,14-16H2,1-2H3/t19?,20-,21+/m0/s1. The summed E-state index contributed by atoms with van der Waals surface area (Å²) in [4.78, 5) is 1.31. The van der Waals surface area contributed by atoms with Crippen LogP contribution in [0.1, 0.15) is 51.5 Å².